The van der Waals surface area contributed by atoms with Crippen molar-refractivity contribution < 1.29 is 0 Å². The first-order valence-electron chi connectivity index (χ1n) is 7.25. The Kier molecular flexibility index (Phi) is 2.72. The summed E-state index contributed by atoms with van der Waals surface area (Å²) >= 11 is 0. The average molecular weight is 222 g/mol. The zero-order chi connectivity index (χ0) is 12.2. The first-order valence-corrected chi connectivity index (χ1v) is 7.25. The van der Waals surface area contributed by atoms with E-state index in [4.69, 9.17) is 0 Å². The van der Waals surface area contributed by atoms with E-state index in [2.05, 4.69) is 41.5 Å². The third-order valence-corrected chi connectivity index (χ3v) is 6.53. The molecular formula is C16H30. The van der Waals surface area contributed by atoms with Gasteiger partial charge in [-0.1, -0.05) is 54.4 Å². The Labute approximate surface area is 102 Å². The van der Waals surface area contributed by atoms with Crippen LogP contribution in [0, 0.1) is 28.1 Å². The summed E-state index contributed by atoms with van der Waals surface area (Å²) in [5.41, 5.74) is 1.76. The maximum atomic E-state index is 2.59. The topological polar surface area (TPSA) is 0 Å². The van der Waals surface area contributed by atoms with Crippen molar-refractivity contribution in [2.24, 2.45) is 28.1 Å². The van der Waals surface area contributed by atoms with Crippen molar-refractivity contribution >= 4 is 0 Å². The highest BCUT2D eigenvalue weighted by Crippen LogP contribution is 2.72. The predicted octanol–water partition coefficient (Wildman–Crippen LogP) is 5.28. The van der Waals surface area contributed by atoms with Gasteiger partial charge < -0.3 is 0 Å². The van der Waals surface area contributed by atoms with E-state index >= 15 is 0 Å². The Balaban J connectivity index is 2.25. The van der Waals surface area contributed by atoms with Crippen LogP contribution >= 0.6 is 0 Å². The largest absolute Gasteiger partial charge is 0.0654 e. The molecule has 2 fully saturated rings. The first kappa shape index (κ1) is 12.5. The lowest BCUT2D eigenvalue weighted by atomic mass is 9.51. The van der Waals surface area contributed by atoms with E-state index in [-0.39, 0.29) is 0 Å². The van der Waals surface area contributed by atoms with Crippen LogP contribution in [-0.2, 0) is 0 Å². The molecule has 3 atom stereocenters. The molecule has 2 rings (SSSR count). The van der Waals surface area contributed by atoms with Crippen LogP contribution in [0.1, 0.15) is 73.6 Å². The molecule has 0 aliphatic heterocycles. The van der Waals surface area contributed by atoms with E-state index in [0.717, 1.165) is 11.8 Å². The van der Waals surface area contributed by atoms with Crippen molar-refractivity contribution in [1.82, 2.24) is 0 Å². The molecule has 94 valence electrons. The molecule has 3 unspecified atom stereocenters. The summed E-state index contributed by atoms with van der Waals surface area (Å²) < 4.78 is 0. The zero-order valence-electron chi connectivity index (χ0n) is 12.2. The highest BCUT2D eigenvalue weighted by molar-refractivity contribution is 5.13. The summed E-state index contributed by atoms with van der Waals surface area (Å²) in [6.07, 6.45) is 7.20. The lowest BCUT2D eigenvalue weighted by molar-refractivity contribution is -0.0472. The van der Waals surface area contributed by atoms with Gasteiger partial charge in [-0.2, -0.15) is 0 Å². The maximum Gasteiger partial charge on any atom is -0.0243 e. The molecule has 2 bridgehead atoms. The van der Waals surface area contributed by atoms with E-state index in [1.54, 1.807) is 0 Å². The molecule has 0 amide bonds. The summed E-state index contributed by atoms with van der Waals surface area (Å²) in [5, 5.41) is 0. The molecule has 0 N–H and O–H groups in total. The quantitative estimate of drug-likeness (QED) is 0.610. The molecule has 2 saturated carbocycles. The molecule has 0 aromatic carbocycles. The minimum atomic E-state index is 0.550. The number of rotatable bonds is 3. The number of unbranched alkanes of at least 4 members (excludes halogenated alkanes) is 1. The molecule has 0 aromatic heterocycles. The molecule has 0 aromatic rings. The minimum absolute atomic E-state index is 0.550. The number of hydrogen-bond donors (Lipinski definition) is 0. The highest BCUT2D eigenvalue weighted by Gasteiger charge is 2.65. The smallest absolute Gasteiger partial charge is 0.0243 e. The Hall–Kier alpha value is 0. The van der Waals surface area contributed by atoms with Gasteiger partial charge in [0.05, 0.1) is 0 Å². The molecule has 0 heterocycles. The summed E-state index contributed by atoms with van der Waals surface area (Å²) in [6, 6.07) is 0. The SMILES string of the molecule is CCCCC1(C)C2CC(C(C)(C)C2)C1(C)C. The van der Waals surface area contributed by atoms with E-state index < -0.39 is 0 Å². The summed E-state index contributed by atoms with van der Waals surface area (Å²) in [4.78, 5) is 0. The lowest BCUT2D eigenvalue weighted by Crippen LogP contribution is -2.46. The molecule has 0 saturated heterocycles. The Morgan fingerprint density at radius 2 is 1.69 bits per heavy atom. The van der Waals surface area contributed by atoms with Gasteiger partial charge in [0.1, 0.15) is 0 Å². The average Bonchev–Trinajstić information content (AvgIpc) is 2.58. The maximum absolute atomic E-state index is 2.59. The summed E-state index contributed by atoms with van der Waals surface area (Å²) in [5.74, 6) is 1.95. The fraction of sp³-hybridized carbons (Fsp3) is 1.00. The van der Waals surface area contributed by atoms with Crippen molar-refractivity contribution in [3.05, 3.63) is 0 Å². The Morgan fingerprint density at radius 3 is 2.12 bits per heavy atom. The van der Waals surface area contributed by atoms with Crippen LogP contribution in [0.5, 0.6) is 0 Å². The van der Waals surface area contributed by atoms with Gasteiger partial charge in [0.25, 0.3) is 0 Å². The molecule has 2 aliphatic rings. The van der Waals surface area contributed by atoms with Crippen molar-refractivity contribution in [2.45, 2.75) is 73.6 Å². The molecular weight excluding hydrogens is 192 g/mol. The van der Waals surface area contributed by atoms with Gasteiger partial charge in [0, 0.05) is 0 Å². The van der Waals surface area contributed by atoms with E-state index in [1.165, 1.54) is 32.1 Å². The minimum Gasteiger partial charge on any atom is -0.0654 e. The van der Waals surface area contributed by atoms with Crippen LogP contribution in [0.25, 0.3) is 0 Å². The molecule has 2 aliphatic carbocycles. The zero-order valence-corrected chi connectivity index (χ0v) is 12.2. The lowest BCUT2D eigenvalue weighted by Gasteiger charge is -2.53. The van der Waals surface area contributed by atoms with Crippen LogP contribution in [0.3, 0.4) is 0 Å². The van der Waals surface area contributed by atoms with Crippen LogP contribution in [0.15, 0.2) is 0 Å². The van der Waals surface area contributed by atoms with E-state index in [1.807, 2.05) is 0 Å². The standard InChI is InChI=1S/C16H30/c1-7-8-9-16(6)12-10-13(15(16,4)5)14(2,3)11-12/h12-13H,7-11H2,1-6H3. The normalized spacial score (nSPS) is 43.9. The van der Waals surface area contributed by atoms with Crippen molar-refractivity contribution in [1.29, 1.82) is 0 Å². The molecule has 0 spiro atoms. The van der Waals surface area contributed by atoms with Gasteiger partial charge >= 0.3 is 0 Å². The molecule has 16 heavy (non-hydrogen) atoms. The van der Waals surface area contributed by atoms with Gasteiger partial charge in [0.15, 0.2) is 0 Å². The monoisotopic (exact) mass is 222 g/mol. The second-order valence-electron chi connectivity index (χ2n) is 7.92. The van der Waals surface area contributed by atoms with E-state index in [9.17, 15) is 0 Å². The van der Waals surface area contributed by atoms with Crippen LogP contribution in [-0.4, -0.2) is 0 Å². The Morgan fingerprint density at radius 1 is 1.06 bits per heavy atom. The third kappa shape index (κ3) is 1.41. The Bertz CT molecular complexity index is 274. The van der Waals surface area contributed by atoms with Gasteiger partial charge in [0.2, 0.25) is 0 Å². The van der Waals surface area contributed by atoms with Crippen molar-refractivity contribution in [2.75, 3.05) is 0 Å². The molecule has 0 heteroatoms. The summed E-state index contributed by atoms with van der Waals surface area (Å²) in [6.45, 7) is 15.0. The fourth-order valence-corrected chi connectivity index (χ4v) is 5.22. The summed E-state index contributed by atoms with van der Waals surface area (Å²) in [7, 11) is 0. The van der Waals surface area contributed by atoms with E-state index in [0.29, 0.717) is 16.2 Å². The predicted molar refractivity (Wildman–Crippen MR) is 71.4 cm³/mol. The second kappa shape index (κ2) is 3.50. The van der Waals surface area contributed by atoms with Crippen LogP contribution in [0.2, 0.25) is 0 Å². The number of fused-ring (bicyclic) bond motifs is 2. The number of hydrogen-bond acceptors (Lipinski definition) is 0. The highest BCUT2D eigenvalue weighted by atomic mass is 14.7. The first-order chi connectivity index (χ1) is 7.25. The molecule has 0 radical (unpaired) electrons. The third-order valence-electron chi connectivity index (χ3n) is 6.53. The van der Waals surface area contributed by atoms with Crippen molar-refractivity contribution in [3.8, 4) is 0 Å². The molecule has 0 nitrogen and oxygen atoms in total. The van der Waals surface area contributed by atoms with Crippen LogP contribution < -0.4 is 0 Å². The second-order valence-corrected chi connectivity index (χ2v) is 7.92. The van der Waals surface area contributed by atoms with Crippen molar-refractivity contribution in [3.63, 3.8) is 0 Å². The van der Waals surface area contributed by atoms with Gasteiger partial charge in [-0.3, -0.25) is 0 Å². The van der Waals surface area contributed by atoms with Gasteiger partial charge in [-0.05, 0) is 47.3 Å². The van der Waals surface area contributed by atoms with Crippen LogP contribution in [0.4, 0.5) is 0 Å². The fourth-order valence-electron chi connectivity index (χ4n) is 5.22. The van der Waals surface area contributed by atoms with Gasteiger partial charge in [-0.15, -0.1) is 0 Å². The van der Waals surface area contributed by atoms with Gasteiger partial charge in [-0.25, -0.2) is 0 Å².